The van der Waals surface area contributed by atoms with Crippen molar-refractivity contribution in [3.8, 4) is 5.75 Å². The summed E-state index contributed by atoms with van der Waals surface area (Å²) in [4.78, 5) is 10.6. The smallest absolute Gasteiger partial charge is 0.308 e. The summed E-state index contributed by atoms with van der Waals surface area (Å²) in [5, 5.41) is 0. The van der Waals surface area contributed by atoms with Crippen LogP contribution in [0.25, 0.3) is 0 Å². The maximum Gasteiger partial charge on any atom is 0.308 e. The number of halogens is 1. The van der Waals surface area contributed by atoms with E-state index >= 15 is 0 Å². The van der Waals surface area contributed by atoms with Crippen LogP contribution < -0.4 is 10.5 Å². The summed E-state index contributed by atoms with van der Waals surface area (Å²) in [7, 11) is 0. The molecule has 0 fully saturated rings. The van der Waals surface area contributed by atoms with Gasteiger partial charge in [0.25, 0.3) is 0 Å². The molecule has 15 heavy (non-hydrogen) atoms. The minimum atomic E-state index is -0.328. The van der Waals surface area contributed by atoms with Gasteiger partial charge >= 0.3 is 5.97 Å². The Morgan fingerprint density at radius 3 is 2.40 bits per heavy atom. The molecule has 0 aromatic heterocycles. The molecule has 0 saturated carbocycles. The number of hydrogen-bond acceptors (Lipinski definition) is 3. The third-order valence-corrected chi connectivity index (χ3v) is 1.78. The van der Waals surface area contributed by atoms with Crippen molar-refractivity contribution in [3.05, 3.63) is 42.5 Å². The van der Waals surface area contributed by atoms with Gasteiger partial charge in [-0.3, -0.25) is 4.79 Å². The first-order valence-electron chi connectivity index (χ1n) is 4.30. The lowest BCUT2D eigenvalue weighted by Crippen LogP contribution is -2.06. The summed E-state index contributed by atoms with van der Waals surface area (Å²) < 4.78 is 4.88. The van der Waals surface area contributed by atoms with Crippen LogP contribution in [0.15, 0.2) is 36.9 Å². The number of esters is 1. The van der Waals surface area contributed by atoms with Crippen molar-refractivity contribution in [1.29, 1.82) is 0 Å². The van der Waals surface area contributed by atoms with Crippen molar-refractivity contribution >= 4 is 18.4 Å². The van der Waals surface area contributed by atoms with Crippen molar-refractivity contribution in [2.45, 2.75) is 13.0 Å². The second-order valence-corrected chi connectivity index (χ2v) is 2.92. The van der Waals surface area contributed by atoms with Gasteiger partial charge in [0.05, 0.1) is 0 Å². The molecule has 2 N–H and O–H groups in total. The molecule has 1 aromatic rings. The third kappa shape index (κ3) is 4.14. The lowest BCUT2D eigenvalue weighted by atomic mass is 10.1. The molecule has 0 bridgehead atoms. The Balaban J connectivity index is 0.00000196. The Hall–Kier alpha value is -1.32. The van der Waals surface area contributed by atoms with E-state index < -0.39 is 0 Å². The number of rotatable bonds is 3. The van der Waals surface area contributed by atoms with E-state index in [9.17, 15) is 4.79 Å². The molecule has 0 saturated heterocycles. The standard InChI is InChI=1S/C11H13NO2.ClH/c1-3-11(12)9-4-6-10(7-5-9)14-8(2)13;/h3-7,11H,1,12H2,2H3;1H/t11-;/m1./s1. The van der Waals surface area contributed by atoms with Crippen LogP contribution in [0.2, 0.25) is 0 Å². The molecule has 1 atom stereocenters. The zero-order valence-electron chi connectivity index (χ0n) is 8.47. The van der Waals surface area contributed by atoms with Crippen LogP contribution in [0, 0.1) is 0 Å². The first-order valence-corrected chi connectivity index (χ1v) is 4.30. The fourth-order valence-electron chi connectivity index (χ4n) is 1.06. The minimum Gasteiger partial charge on any atom is -0.427 e. The van der Waals surface area contributed by atoms with Crippen molar-refractivity contribution in [3.63, 3.8) is 0 Å². The number of nitrogens with two attached hydrogens (primary N) is 1. The topological polar surface area (TPSA) is 52.3 Å². The van der Waals surface area contributed by atoms with Gasteiger partial charge in [0, 0.05) is 13.0 Å². The van der Waals surface area contributed by atoms with E-state index in [1.807, 2.05) is 12.1 Å². The molecule has 0 amide bonds. The second-order valence-electron chi connectivity index (χ2n) is 2.92. The number of benzene rings is 1. The number of ether oxygens (including phenoxy) is 1. The molecule has 0 aliphatic carbocycles. The Bertz CT molecular complexity index is 335. The SMILES string of the molecule is C=C[C@@H](N)c1ccc(OC(C)=O)cc1.Cl. The molecule has 0 aliphatic rings. The third-order valence-electron chi connectivity index (χ3n) is 1.78. The lowest BCUT2D eigenvalue weighted by Gasteiger charge is -2.07. The fourth-order valence-corrected chi connectivity index (χ4v) is 1.06. The molecule has 0 aliphatic heterocycles. The van der Waals surface area contributed by atoms with Gasteiger partial charge in [-0.1, -0.05) is 18.2 Å². The Morgan fingerprint density at radius 2 is 2.00 bits per heavy atom. The normalized spacial score (nSPS) is 11.1. The fraction of sp³-hybridized carbons (Fsp3) is 0.182. The molecule has 0 radical (unpaired) electrons. The predicted octanol–water partition coefficient (Wildman–Crippen LogP) is 2.22. The van der Waals surface area contributed by atoms with Crippen molar-refractivity contribution in [2.24, 2.45) is 5.73 Å². The molecular formula is C11H14ClNO2. The van der Waals surface area contributed by atoms with Gasteiger partial charge in [-0.15, -0.1) is 19.0 Å². The lowest BCUT2D eigenvalue weighted by molar-refractivity contribution is -0.131. The highest BCUT2D eigenvalue weighted by Crippen LogP contribution is 2.16. The summed E-state index contributed by atoms with van der Waals surface area (Å²) >= 11 is 0. The van der Waals surface area contributed by atoms with Crippen LogP contribution in [0.3, 0.4) is 0 Å². The van der Waals surface area contributed by atoms with E-state index in [-0.39, 0.29) is 24.4 Å². The maximum absolute atomic E-state index is 10.6. The molecule has 1 aromatic carbocycles. The summed E-state index contributed by atoms with van der Waals surface area (Å²) in [5.74, 6) is 0.197. The van der Waals surface area contributed by atoms with Crippen molar-refractivity contribution < 1.29 is 9.53 Å². The number of carbonyl (C=O) groups excluding carboxylic acids is 1. The summed E-state index contributed by atoms with van der Waals surface area (Å²) in [6.45, 7) is 4.96. The molecule has 4 heteroatoms. The molecule has 82 valence electrons. The van der Waals surface area contributed by atoms with Gasteiger partial charge in [0.1, 0.15) is 5.75 Å². The summed E-state index contributed by atoms with van der Waals surface area (Å²) in [6, 6.07) is 6.86. The zero-order valence-corrected chi connectivity index (χ0v) is 9.29. The van der Waals surface area contributed by atoms with Crippen LogP contribution in [0.1, 0.15) is 18.5 Å². The average molecular weight is 228 g/mol. The Kier molecular flexibility index (Phi) is 5.67. The maximum atomic E-state index is 10.6. The quantitative estimate of drug-likeness (QED) is 0.489. The van der Waals surface area contributed by atoms with Gasteiger partial charge in [0.2, 0.25) is 0 Å². The first-order chi connectivity index (χ1) is 6.63. The van der Waals surface area contributed by atoms with Gasteiger partial charge in [-0.2, -0.15) is 0 Å². The van der Waals surface area contributed by atoms with Crippen LogP contribution in [-0.2, 0) is 4.79 Å². The van der Waals surface area contributed by atoms with E-state index in [4.69, 9.17) is 10.5 Å². The Morgan fingerprint density at radius 1 is 1.47 bits per heavy atom. The second kappa shape index (κ2) is 6.22. The highest BCUT2D eigenvalue weighted by atomic mass is 35.5. The van der Waals surface area contributed by atoms with E-state index in [0.29, 0.717) is 5.75 Å². The average Bonchev–Trinajstić information content (AvgIpc) is 2.17. The number of hydrogen-bond donors (Lipinski definition) is 1. The number of carbonyl (C=O) groups is 1. The van der Waals surface area contributed by atoms with Crippen LogP contribution >= 0.6 is 12.4 Å². The summed E-state index contributed by atoms with van der Waals surface area (Å²) in [5.41, 5.74) is 6.66. The monoisotopic (exact) mass is 227 g/mol. The van der Waals surface area contributed by atoms with Gasteiger partial charge < -0.3 is 10.5 Å². The van der Waals surface area contributed by atoms with Gasteiger partial charge in [-0.05, 0) is 17.7 Å². The van der Waals surface area contributed by atoms with E-state index in [2.05, 4.69) is 6.58 Å². The molecule has 3 nitrogen and oxygen atoms in total. The van der Waals surface area contributed by atoms with E-state index in [1.54, 1.807) is 18.2 Å². The minimum absolute atomic E-state index is 0. The molecule has 0 spiro atoms. The molecule has 0 unspecified atom stereocenters. The van der Waals surface area contributed by atoms with E-state index in [0.717, 1.165) is 5.56 Å². The van der Waals surface area contributed by atoms with Crippen LogP contribution in [0.5, 0.6) is 5.75 Å². The van der Waals surface area contributed by atoms with Gasteiger partial charge in [0.15, 0.2) is 0 Å². The summed E-state index contributed by atoms with van der Waals surface area (Å²) in [6.07, 6.45) is 1.65. The highest BCUT2D eigenvalue weighted by molar-refractivity contribution is 5.85. The van der Waals surface area contributed by atoms with Gasteiger partial charge in [-0.25, -0.2) is 0 Å². The highest BCUT2D eigenvalue weighted by Gasteiger charge is 2.02. The predicted molar refractivity (Wildman–Crippen MR) is 62.1 cm³/mol. The zero-order chi connectivity index (χ0) is 10.6. The molecule has 0 heterocycles. The largest absolute Gasteiger partial charge is 0.427 e. The first kappa shape index (κ1) is 13.7. The Labute approximate surface area is 95.3 Å². The van der Waals surface area contributed by atoms with Crippen molar-refractivity contribution in [2.75, 3.05) is 0 Å². The molecule has 1 rings (SSSR count). The van der Waals surface area contributed by atoms with Crippen LogP contribution in [-0.4, -0.2) is 5.97 Å². The van der Waals surface area contributed by atoms with E-state index in [1.165, 1.54) is 6.92 Å². The van der Waals surface area contributed by atoms with Crippen molar-refractivity contribution in [1.82, 2.24) is 0 Å². The molecular weight excluding hydrogens is 214 g/mol. The van der Waals surface area contributed by atoms with Crippen LogP contribution in [0.4, 0.5) is 0 Å².